The van der Waals surface area contributed by atoms with Crippen molar-refractivity contribution in [2.75, 3.05) is 26.6 Å². The lowest BCUT2D eigenvalue weighted by atomic mass is 10.0. The van der Waals surface area contributed by atoms with Crippen molar-refractivity contribution in [2.24, 2.45) is 0 Å². The number of nitrogens with one attached hydrogen (secondary N) is 2. The molecule has 0 aliphatic carbocycles. The van der Waals surface area contributed by atoms with Crippen LogP contribution in [0.2, 0.25) is 18.1 Å². The molecule has 42 heavy (non-hydrogen) atoms. The van der Waals surface area contributed by atoms with Crippen molar-refractivity contribution < 1.29 is 48.0 Å². The van der Waals surface area contributed by atoms with Gasteiger partial charge in [0.05, 0.1) is 26.4 Å². The van der Waals surface area contributed by atoms with Gasteiger partial charge in [0.1, 0.15) is 29.2 Å². The van der Waals surface area contributed by atoms with Crippen molar-refractivity contribution in [1.29, 1.82) is 0 Å². The second kappa shape index (κ2) is 15.0. The summed E-state index contributed by atoms with van der Waals surface area (Å²) in [5, 5.41) is 24.4. The predicted molar refractivity (Wildman–Crippen MR) is 163 cm³/mol. The number of amides is 2. The van der Waals surface area contributed by atoms with E-state index in [1.54, 1.807) is 33.8 Å². The van der Waals surface area contributed by atoms with Gasteiger partial charge in [-0.25, -0.2) is 14.4 Å². The van der Waals surface area contributed by atoms with Crippen LogP contribution < -0.4 is 19.8 Å². The van der Waals surface area contributed by atoms with Crippen LogP contribution in [0.25, 0.3) is 0 Å². The predicted octanol–water partition coefficient (Wildman–Crippen LogP) is 3.86. The van der Waals surface area contributed by atoms with Crippen LogP contribution in [0, 0.1) is 6.92 Å². The third-order valence-electron chi connectivity index (χ3n) is 6.73. The minimum atomic E-state index is -2.29. The number of benzene rings is 1. The molecule has 1 aromatic carbocycles. The van der Waals surface area contributed by atoms with E-state index in [0.29, 0.717) is 22.6 Å². The average molecular weight is 631 g/mol. The number of ether oxygens (including phenoxy) is 3. The van der Waals surface area contributed by atoms with Gasteiger partial charge in [0.25, 0.3) is 0 Å². The van der Waals surface area contributed by atoms with E-state index < -0.39 is 56.5 Å². The second-order valence-corrected chi connectivity index (χ2v) is 18.0. The van der Waals surface area contributed by atoms with E-state index in [-0.39, 0.29) is 22.1 Å². The molecule has 0 spiro atoms. The van der Waals surface area contributed by atoms with Crippen LogP contribution in [-0.4, -0.2) is 86.7 Å². The third kappa shape index (κ3) is 10.4. The number of carbonyl (C=O) groups excluding carboxylic acids is 3. The maximum atomic E-state index is 12.8. The van der Waals surface area contributed by atoms with Crippen molar-refractivity contribution >= 4 is 44.0 Å². The summed E-state index contributed by atoms with van der Waals surface area (Å²) in [5.41, 5.74) is 0.0659. The molecule has 0 aliphatic rings. The lowest BCUT2D eigenvalue weighted by molar-refractivity contribution is -0.144. The molecule has 0 aromatic heterocycles. The first-order valence-corrected chi connectivity index (χ1v) is 17.4. The normalized spacial score (nSPS) is 13.4. The molecule has 0 aliphatic heterocycles. The lowest BCUT2D eigenvalue weighted by Crippen LogP contribution is -2.54. The molecule has 0 bridgehead atoms. The van der Waals surface area contributed by atoms with Gasteiger partial charge >= 0.3 is 18.0 Å². The van der Waals surface area contributed by atoms with E-state index in [2.05, 4.69) is 44.5 Å². The average Bonchev–Trinajstić information content (AvgIpc) is 2.85. The summed E-state index contributed by atoms with van der Waals surface area (Å²) < 4.78 is 21.9. The number of alkyl carbamates (subject to hydrolysis) is 1. The van der Waals surface area contributed by atoms with E-state index >= 15 is 0 Å². The first kappa shape index (κ1) is 37.1. The molecule has 0 radical (unpaired) electrons. The summed E-state index contributed by atoms with van der Waals surface area (Å²) in [6, 6.07) is -0.860. The zero-order chi connectivity index (χ0) is 32.6. The highest BCUT2D eigenvalue weighted by atomic mass is 32.2. The summed E-state index contributed by atoms with van der Waals surface area (Å²) in [5.74, 6) is -1.87. The topological polar surface area (TPSA) is 170 Å². The fourth-order valence-corrected chi connectivity index (χ4v) is 5.57. The summed E-state index contributed by atoms with van der Waals surface area (Å²) in [4.78, 5) is 49.7. The van der Waals surface area contributed by atoms with Crippen molar-refractivity contribution in [3.05, 3.63) is 22.8 Å². The van der Waals surface area contributed by atoms with Crippen LogP contribution in [0.4, 0.5) is 4.79 Å². The molecule has 0 saturated carbocycles. The number of hydrogen-bond acceptors (Lipinski definition) is 10. The summed E-state index contributed by atoms with van der Waals surface area (Å²) in [6.07, 6.45) is -0.912. The van der Waals surface area contributed by atoms with Gasteiger partial charge in [-0.1, -0.05) is 20.8 Å². The number of methoxy groups -OCH3 is 2. The molecule has 0 heterocycles. The number of thioether (sulfide) groups is 1. The summed E-state index contributed by atoms with van der Waals surface area (Å²) >= 11 is 1.17. The minimum absolute atomic E-state index is 0.00746. The number of carbonyl (C=O) groups is 4. The van der Waals surface area contributed by atoms with Crippen molar-refractivity contribution in [3.63, 3.8) is 0 Å². The molecule has 2 atom stereocenters. The Hall–Kier alpha value is -2.97. The van der Waals surface area contributed by atoms with Gasteiger partial charge < -0.3 is 39.5 Å². The number of hydrogen-bond donors (Lipinski definition) is 4. The fraction of sp³-hybridized carbons (Fsp3) is 0.643. The maximum absolute atomic E-state index is 12.8. The number of carboxylic acids is 1. The van der Waals surface area contributed by atoms with Gasteiger partial charge in [-0.3, -0.25) is 4.79 Å². The zero-order valence-corrected chi connectivity index (χ0v) is 28.2. The Bertz CT molecular complexity index is 1140. The van der Waals surface area contributed by atoms with Crippen LogP contribution in [0.1, 0.15) is 63.0 Å². The van der Waals surface area contributed by atoms with Crippen molar-refractivity contribution in [2.45, 2.75) is 90.0 Å². The van der Waals surface area contributed by atoms with Gasteiger partial charge in [-0.05, 0) is 45.8 Å². The molecule has 1 aromatic rings. The number of aromatic carboxylic acids is 1. The van der Waals surface area contributed by atoms with Gasteiger partial charge in [-0.2, -0.15) is 11.8 Å². The second-order valence-electron chi connectivity index (χ2n) is 12.2. The highest BCUT2D eigenvalue weighted by molar-refractivity contribution is 7.98. The number of rotatable bonds is 13. The molecule has 2 amide bonds. The van der Waals surface area contributed by atoms with Crippen molar-refractivity contribution in [1.82, 2.24) is 10.6 Å². The molecule has 14 heteroatoms. The number of carboxylic acid groups (broad SMARTS) is 1. The molecule has 4 N–H and O–H groups in total. The van der Waals surface area contributed by atoms with E-state index in [0.717, 1.165) is 7.11 Å². The fourth-order valence-electron chi connectivity index (χ4n) is 3.44. The highest BCUT2D eigenvalue weighted by Crippen LogP contribution is 2.41. The monoisotopic (exact) mass is 630 g/mol. The van der Waals surface area contributed by atoms with Crippen LogP contribution in [-0.2, 0) is 24.8 Å². The Balaban J connectivity index is 3.20. The van der Waals surface area contributed by atoms with E-state index in [1.807, 2.05) is 0 Å². The summed E-state index contributed by atoms with van der Waals surface area (Å²) in [6.45, 7) is 16.3. The van der Waals surface area contributed by atoms with Gasteiger partial charge in [0.2, 0.25) is 14.2 Å². The van der Waals surface area contributed by atoms with Crippen LogP contribution in [0.15, 0.2) is 6.07 Å². The first-order valence-electron chi connectivity index (χ1n) is 13.4. The Morgan fingerprint density at radius 2 is 1.60 bits per heavy atom. The standard InChI is InChI=1S/C28H46N2O10SSi/c1-16-20(40-42(10,11)28(5,6)7)12-21(37-8)17(22(16)24(33)34)14-41-15-19(25(35)38-9)29-23(32)18(13-31)30-26(36)39-27(2,3)4/h12,18-19,31H,13-15H2,1-11H3,(H,29,32)(H,30,36)(H,33,34)/t18-,19+/m0/s1. The van der Waals surface area contributed by atoms with Crippen molar-refractivity contribution in [3.8, 4) is 11.5 Å². The minimum Gasteiger partial charge on any atom is -0.543 e. The van der Waals surface area contributed by atoms with E-state index in [9.17, 15) is 29.4 Å². The Morgan fingerprint density at radius 3 is 2.05 bits per heavy atom. The lowest BCUT2D eigenvalue weighted by Gasteiger charge is -2.37. The first-order chi connectivity index (χ1) is 19.2. The Kier molecular flexibility index (Phi) is 13.2. The summed E-state index contributed by atoms with van der Waals surface area (Å²) in [7, 11) is 0.300. The smallest absolute Gasteiger partial charge is 0.408 e. The number of esters is 1. The quantitative estimate of drug-likeness (QED) is 0.184. The van der Waals surface area contributed by atoms with Gasteiger partial charge in [-0.15, -0.1) is 0 Å². The number of aliphatic hydroxyl groups excluding tert-OH is 1. The maximum Gasteiger partial charge on any atom is 0.408 e. The van der Waals surface area contributed by atoms with Crippen LogP contribution >= 0.6 is 11.8 Å². The molecular weight excluding hydrogens is 584 g/mol. The Labute approximate surface area is 253 Å². The van der Waals surface area contributed by atoms with E-state index in [1.165, 1.54) is 18.9 Å². The SMILES string of the molecule is COC(=O)[C@@H](CSCc1c(OC)cc(O[Si](C)(C)C(C)(C)C)c(C)c1C(=O)O)NC(=O)[C@H](CO)NC(=O)OC(C)(C)C. The van der Waals surface area contributed by atoms with Gasteiger partial charge in [0.15, 0.2) is 0 Å². The molecule has 238 valence electrons. The number of aliphatic hydroxyl groups is 1. The molecule has 12 nitrogen and oxygen atoms in total. The third-order valence-corrected chi connectivity index (χ3v) is 12.1. The van der Waals surface area contributed by atoms with Crippen LogP contribution in [0.3, 0.4) is 0 Å². The zero-order valence-electron chi connectivity index (χ0n) is 26.4. The molecule has 0 unspecified atom stereocenters. The van der Waals surface area contributed by atoms with Gasteiger partial charge in [0, 0.05) is 28.7 Å². The molecule has 0 saturated heterocycles. The largest absolute Gasteiger partial charge is 0.543 e. The van der Waals surface area contributed by atoms with E-state index in [4.69, 9.17) is 18.6 Å². The highest BCUT2D eigenvalue weighted by Gasteiger charge is 2.40. The molecule has 1 rings (SSSR count). The molecular formula is C28H46N2O10SSi. The Morgan fingerprint density at radius 1 is 1.00 bits per heavy atom. The van der Waals surface area contributed by atoms with Crippen LogP contribution in [0.5, 0.6) is 11.5 Å². The molecule has 0 fully saturated rings.